The van der Waals surface area contributed by atoms with Crippen molar-refractivity contribution in [1.29, 1.82) is 0 Å². The van der Waals surface area contributed by atoms with Crippen molar-refractivity contribution in [2.45, 2.75) is 133 Å². The maximum Gasteiger partial charge on any atom is 0.237 e. The molecular weight excluding hydrogens is 560 g/mol. The smallest absolute Gasteiger partial charge is 0.237 e. The minimum absolute atomic E-state index is 0.108. The number of alkyl halides is 1. The van der Waals surface area contributed by atoms with Gasteiger partial charge in [0.15, 0.2) is 13.9 Å². The van der Waals surface area contributed by atoms with Crippen molar-refractivity contribution in [3.05, 3.63) is 35.9 Å². The number of ketones is 1. The van der Waals surface area contributed by atoms with Gasteiger partial charge in [-0.15, -0.1) is 0 Å². The lowest BCUT2D eigenvalue weighted by Crippen LogP contribution is -2.55. The molecule has 0 N–H and O–H groups in total. The van der Waals surface area contributed by atoms with Crippen molar-refractivity contribution in [1.82, 2.24) is 0 Å². The van der Waals surface area contributed by atoms with Crippen molar-refractivity contribution in [3.8, 4) is 11.8 Å². The SMILES string of the molecule is CC[Si](CC)(CC)O[C@@H]1CC[C@H](COCc2ccccc2)O[C@@]1(C)C#CC(=O)[C@]1(C)CC[C@@H](Br)C(C)(C)O1. The van der Waals surface area contributed by atoms with E-state index in [0.717, 1.165) is 43.0 Å². The molecule has 2 saturated heterocycles. The summed E-state index contributed by atoms with van der Waals surface area (Å²) >= 11 is 3.70. The average Bonchev–Trinajstić information content (AvgIpc) is 2.90. The van der Waals surface area contributed by atoms with Gasteiger partial charge < -0.3 is 18.6 Å². The van der Waals surface area contributed by atoms with E-state index in [1.165, 1.54) is 0 Å². The monoisotopic (exact) mass is 606 g/mol. The number of hydrogen-bond acceptors (Lipinski definition) is 5. The van der Waals surface area contributed by atoms with Gasteiger partial charge in [-0.1, -0.05) is 73.0 Å². The molecule has 3 rings (SSSR count). The fourth-order valence-electron chi connectivity index (χ4n) is 5.59. The Hall–Kier alpha value is -1.01. The molecule has 2 aliphatic heterocycles. The van der Waals surface area contributed by atoms with Crippen LogP contribution in [0.2, 0.25) is 18.1 Å². The number of hydrogen-bond donors (Lipinski definition) is 0. The predicted octanol–water partition coefficient (Wildman–Crippen LogP) is 7.22. The Kier molecular flexibility index (Phi) is 10.9. The normalized spacial score (nSPS) is 31.3. The van der Waals surface area contributed by atoms with Crippen molar-refractivity contribution in [2.75, 3.05) is 6.61 Å². The maximum absolute atomic E-state index is 13.4. The Bertz CT molecular complexity index is 977. The van der Waals surface area contributed by atoms with E-state index in [4.69, 9.17) is 18.6 Å². The van der Waals surface area contributed by atoms with Crippen molar-refractivity contribution in [3.63, 3.8) is 0 Å². The molecule has 0 aliphatic carbocycles. The summed E-state index contributed by atoms with van der Waals surface area (Å²) in [6.45, 7) is 15.6. The summed E-state index contributed by atoms with van der Waals surface area (Å²) in [5, 5.41) is 0. The van der Waals surface area contributed by atoms with E-state index in [1.54, 1.807) is 0 Å². The molecule has 0 unspecified atom stereocenters. The highest BCUT2D eigenvalue weighted by atomic mass is 79.9. The first-order valence-corrected chi connectivity index (χ1v) is 17.7. The third kappa shape index (κ3) is 7.59. The standard InChI is InChI=1S/C31H47BrO5Si/c1-8-38(9-2,10-3)36-28-17-16-25(23-34-22-24-14-12-11-13-15-24)35-31(28,7)21-19-27(33)30(6)20-18-26(32)29(4,5)37-30/h11-15,25-26,28H,8-10,16-18,20,22-23H2,1-7H3/t25-,26-,28-,30+,31+/m1/s1. The van der Waals surface area contributed by atoms with Gasteiger partial charge in [-0.25, -0.2) is 0 Å². The molecule has 1 aromatic carbocycles. The number of ether oxygens (including phenoxy) is 3. The molecule has 0 radical (unpaired) electrons. The van der Waals surface area contributed by atoms with Crippen LogP contribution in [0.25, 0.3) is 0 Å². The van der Waals surface area contributed by atoms with Gasteiger partial charge in [-0.3, -0.25) is 4.79 Å². The van der Waals surface area contributed by atoms with Crippen LogP contribution >= 0.6 is 15.9 Å². The summed E-state index contributed by atoms with van der Waals surface area (Å²) in [7, 11) is -1.91. The first-order valence-electron chi connectivity index (χ1n) is 14.3. The Morgan fingerprint density at radius 2 is 1.71 bits per heavy atom. The molecule has 2 aliphatic rings. The van der Waals surface area contributed by atoms with E-state index in [9.17, 15) is 4.79 Å². The minimum atomic E-state index is -1.91. The predicted molar refractivity (Wildman–Crippen MR) is 159 cm³/mol. The van der Waals surface area contributed by atoms with Crippen LogP contribution in [0, 0.1) is 11.8 Å². The second-order valence-electron chi connectivity index (χ2n) is 11.8. The Morgan fingerprint density at radius 3 is 2.32 bits per heavy atom. The van der Waals surface area contributed by atoms with Gasteiger partial charge >= 0.3 is 0 Å². The van der Waals surface area contributed by atoms with Gasteiger partial charge in [0, 0.05) is 4.83 Å². The number of carbonyl (C=O) groups excluding carboxylic acids is 1. The molecule has 2 heterocycles. The quantitative estimate of drug-likeness (QED) is 0.122. The summed E-state index contributed by atoms with van der Waals surface area (Å²) < 4.78 is 25.9. The van der Waals surface area contributed by atoms with Gasteiger partial charge in [-0.05, 0) is 83.0 Å². The third-order valence-electron chi connectivity index (χ3n) is 8.54. The highest BCUT2D eigenvalue weighted by molar-refractivity contribution is 9.09. The van der Waals surface area contributed by atoms with Crippen LogP contribution in [0.5, 0.6) is 0 Å². The Balaban J connectivity index is 1.79. The lowest BCUT2D eigenvalue weighted by atomic mass is 9.84. The van der Waals surface area contributed by atoms with Gasteiger partial charge in [0.1, 0.15) is 5.60 Å². The van der Waals surface area contributed by atoms with E-state index in [2.05, 4.69) is 60.7 Å². The Labute approximate surface area is 240 Å². The summed E-state index contributed by atoms with van der Waals surface area (Å²) in [5.74, 6) is 6.04. The van der Waals surface area contributed by atoms with E-state index in [1.807, 2.05) is 45.9 Å². The molecule has 0 amide bonds. The first-order chi connectivity index (χ1) is 17.9. The molecular formula is C31H47BrO5Si. The molecule has 5 atom stereocenters. The Morgan fingerprint density at radius 1 is 1.05 bits per heavy atom. The van der Waals surface area contributed by atoms with Crippen LogP contribution in [0.1, 0.15) is 79.7 Å². The van der Waals surface area contributed by atoms with Crippen LogP contribution in [-0.4, -0.2) is 54.5 Å². The molecule has 0 bridgehead atoms. The molecule has 38 heavy (non-hydrogen) atoms. The fourth-order valence-corrected chi connectivity index (χ4v) is 8.86. The average molecular weight is 608 g/mol. The maximum atomic E-state index is 13.4. The highest BCUT2D eigenvalue weighted by Crippen LogP contribution is 2.40. The third-order valence-corrected chi connectivity index (χ3v) is 14.8. The van der Waals surface area contributed by atoms with Crippen LogP contribution in [-0.2, 0) is 30.0 Å². The van der Waals surface area contributed by atoms with Gasteiger partial charge in [0.2, 0.25) is 5.78 Å². The molecule has 5 nitrogen and oxygen atoms in total. The zero-order valence-corrected chi connectivity index (χ0v) is 27.0. The lowest BCUT2D eigenvalue weighted by Gasteiger charge is -2.46. The van der Waals surface area contributed by atoms with Crippen LogP contribution in [0.4, 0.5) is 0 Å². The van der Waals surface area contributed by atoms with Gasteiger partial charge in [-0.2, -0.15) is 0 Å². The fraction of sp³-hybridized carbons (Fsp3) is 0.710. The second kappa shape index (κ2) is 13.1. The molecule has 0 spiro atoms. The molecule has 0 saturated carbocycles. The molecule has 7 heteroatoms. The van der Waals surface area contributed by atoms with E-state index in [-0.39, 0.29) is 22.8 Å². The number of halogens is 1. The number of benzene rings is 1. The zero-order valence-electron chi connectivity index (χ0n) is 24.4. The van der Waals surface area contributed by atoms with Crippen molar-refractivity contribution >= 4 is 30.0 Å². The van der Waals surface area contributed by atoms with Crippen molar-refractivity contribution < 1.29 is 23.4 Å². The first kappa shape index (κ1) is 31.5. The van der Waals surface area contributed by atoms with Crippen LogP contribution in [0.3, 0.4) is 0 Å². The number of rotatable bonds is 10. The summed E-state index contributed by atoms with van der Waals surface area (Å²) in [4.78, 5) is 13.6. The van der Waals surface area contributed by atoms with E-state index < -0.39 is 25.1 Å². The molecule has 1 aromatic rings. The van der Waals surface area contributed by atoms with E-state index in [0.29, 0.717) is 19.6 Å². The molecule has 0 aromatic heterocycles. The van der Waals surface area contributed by atoms with Crippen molar-refractivity contribution in [2.24, 2.45) is 0 Å². The van der Waals surface area contributed by atoms with Crippen LogP contribution in [0.15, 0.2) is 30.3 Å². The largest absolute Gasteiger partial charge is 0.410 e. The lowest BCUT2D eigenvalue weighted by molar-refractivity contribution is -0.173. The van der Waals surface area contributed by atoms with Crippen LogP contribution < -0.4 is 0 Å². The highest BCUT2D eigenvalue weighted by Gasteiger charge is 2.48. The minimum Gasteiger partial charge on any atom is -0.410 e. The van der Waals surface area contributed by atoms with Gasteiger partial charge in [0.25, 0.3) is 0 Å². The summed E-state index contributed by atoms with van der Waals surface area (Å²) in [6, 6.07) is 13.3. The van der Waals surface area contributed by atoms with E-state index >= 15 is 0 Å². The second-order valence-corrected chi connectivity index (χ2v) is 17.6. The summed E-state index contributed by atoms with van der Waals surface area (Å²) in [5.41, 5.74) is -1.14. The van der Waals surface area contributed by atoms with Gasteiger partial charge in [0.05, 0.1) is 31.0 Å². The summed E-state index contributed by atoms with van der Waals surface area (Å²) in [6.07, 6.45) is 2.87. The topological polar surface area (TPSA) is 54.0 Å². The zero-order chi connectivity index (χ0) is 28.0. The molecule has 212 valence electrons. The molecule has 2 fully saturated rings. The number of Topliss-reactive ketones (excluding diaryl/α,β-unsaturated/α-hetero) is 1. The number of carbonyl (C=O) groups is 1.